The zero-order valence-corrected chi connectivity index (χ0v) is 37.7. The summed E-state index contributed by atoms with van der Waals surface area (Å²) < 4.78 is 16.7. The van der Waals surface area contributed by atoms with Crippen LogP contribution in [0.4, 0.5) is 0 Å². The third-order valence-corrected chi connectivity index (χ3v) is 11.2. The zero-order chi connectivity index (χ0) is 46.2. The van der Waals surface area contributed by atoms with E-state index in [1.165, 1.54) is 0 Å². The first-order chi connectivity index (χ1) is 30.7. The molecule has 6 rings (SSSR count). The Morgan fingerprint density at radius 2 is 0.906 bits per heavy atom. The summed E-state index contributed by atoms with van der Waals surface area (Å²) in [6.45, 7) is 10.8. The molecular weight excluding hydrogens is 813 g/mol. The molecule has 2 aliphatic rings. The fourth-order valence-electron chi connectivity index (χ4n) is 8.07. The van der Waals surface area contributed by atoms with Gasteiger partial charge in [-0.2, -0.15) is 0 Å². The minimum Gasteiger partial charge on any atom is -0.481 e. The van der Waals surface area contributed by atoms with Gasteiger partial charge >= 0.3 is 23.9 Å². The van der Waals surface area contributed by atoms with Gasteiger partial charge in [0.15, 0.2) is 0 Å². The SMILES string of the molecule is CCCNC(=O)CC[C@H](CC(=O)OCC1c2ccccc2-c2ccccc21)C(=O)O.CCCNC(=O)CC[C@H](CC(=O)OCC1c2ccccc2-c2ccccc21)C(=O)OC(C)(C)C. The molecule has 4 aromatic rings. The molecule has 12 heteroatoms. The summed E-state index contributed by atoms with van der Waals surface area (Å²) in [6, 6.07) is 32.3. The molecule has 0 spiro atoms. The number of amides is 2. The molecule has 2 atom stereocenters. The van der Waals surface area contributed by atoms with E-state index in [-0.39, 0.29) is 75.4 Å². The quantitative estimate of drug-likeness (QED) is 0.0576. The Balaban J connectivity index is 0.000000243. The lowest BCUT2D eigenvalue weighted by Crippen LogP contribution is -2.32. The van der Waals surface area contributed by atoms with E-state index in [9.17, 15) is 33.9 Å². The number of nitrogens with one attached hydrogen (secondary N) is 2. The van der Waals surface area contributed by atoms with Crippen molar-refractivity contribution >= 4 is 35.7 Å². The van der Waals surface area contributed by atoms with Crippen LogP contribution in [0, 0.1) is 11.8 Å². The normalized spacial score (nSPS) is 13.4. The molecule has 3 N–H and O–H groups in total. The van der Waals surface area contributed by atoms with Gasteiger partial charge < -0.3 is 30.0 Å². The van der Waals surface area contributed by atoms with Crippen LogP contribution in [0.5, 0.6) is 0 Å². The van der Waals surface area contributed by atoms with E-state index in [2.05, 4.69) is 47.0 Å². The largest absolute Gasteiger partial charge is 0.481 e. The van der Waals surface area contributed by atoms with Crippen LogP contribution in [0.3, 0.4) is 0 Å². The number of ether oxygens (including phenoxy) is 3. The molecule has 340 valence electrons. The van der Waals surface area contributed by atoms with Crippen LogP contribution in [0.15, 0.2) is 97.1 Å². The third kappa shape index (κ3) is 13.6. The maximum Gasteiger partial charge on any atom is 0.310 e. The number of fused-ring (bicyclic) bond motifs is 6. The first-order valence-electron chi connectivity index (χ1n) is 22.4. The highest BCUT2D eigenvalue weighted by Gasteiger charge is 2.33. The number of benzene rings is 4. The van der Waals surface area contributed by atoms with Gasteiger partial charge in [-0.3, -0.25) is 28.8 Å². The number of carbonyl (C=O) groups is 6. The van der Waals surface area contributed by atoms with Gasteiger partial charge in [0.2, 0.25) is 11.8 Å². The van der Waals surface area contributed by atoms with Crippen LogP contribution in [0.25, 0.3) is 22.3 Å². The standard InChI is InChI=1S/C28H35NO5.C24H27NO5/c1-5-16-29-25(30)15-14-19(27(32)34-28(2,3)4)17-26(31)33-18-24-22-12-8-6-10-20(22)21-11-7-9-13-23(21)24;1-2-13-25-22(26)12-11-16(24(28)29)14-23(27)30-15-21-19-9-5-3-7-17(19)18-8-4-6-10-20(18)21/h6-13,19,24H,5,14-18H2,1-4H3,(H,29,30);3-10,16,21H,2,11-15H2,1H3,(H,25,26)(H,28,29)/t19-;16-/m11/s1. The number of carbonyl (C=O) groups excluding carboxylic acids is 5. The molecule has 0 radical (unpaired) electrons. The predicted octanol–water partition coefficient (Wildman–Crippen LogP) is 8.74. The van der Waals surface area contributed by atoms with E-state index >= 15 is 0 Å². The minimum absolute atomic E-state index is 0.0452. The van der Waals surface area contributed by atoms with Crippen LogP contribution in [0.1, 0.15) is 120 Å². The highest BCUT2D eigenvalue weighted by molar-refractivity contribution is 5.84. The van der Waals surface area contributed by atoms with Gasteiger partial charge in [0.25, 0.3) is 0 Å². The Morgan fingerprint density at radius 1 is 0.562 bits per heavy atom. The topological polar surface area (TPSA) is 174 Å². The molecule has 2 aliphatic carbocycles. The summed E-state index contributed by atoms with van der Waals surface area (Å²) in [5.41, 5.74) is 8.38. The Hall–Kier alpha value is -6.30. The Bertz CT molecular complexity index is 2170. The van der Waals surface area contributed by atoms with Gasteiger partial charge in [0.1, 0.15) is 18.8 Å². The molecule has 0 saturated heterocycles. The number of carboxylic acids is 1. The van der Waals surface area contributed by atoms with Gasteiger partial charge in [-0.05, 0) is 91.0 Å². The van der Waals surface area contributed by atoms with E-state index in [1.54, 1.807) is 20.8 Å². The molecule has 64 heavy (non-hydrogen) atoms. The first kappa shape index (κ1) is 48.7. The molecular formula is C52H62N2O10. The number of esters is 3. The van der Waals surface area contributed by atoms with Gasteiger partial charge in [-0.1, -0.05) is 111 Å². The summed E-state index contributed by atoms with van der Waals surface area (Å²) in [4.78, 5) is 73.2. The second-order valence-corrected chi connectivity index (χ2v) is 17.3. The van der Waals surface area contributed by atoms with Crippen LogP contribution in [0.2, 0.25) is 0 Å². The second kappa shape index (κ2) is 23.4. The lowest BCUT2D eigenvalue weighted by Gasteiger charge is -2.24. The van der Waals surface area contributed by atoms with Crippen molar-refractivity contribution in [2.45, 2.75) is 103 Å². The summed E-state index contributed by atoms with van der Waals surface area (Å²) in [5.74, 6) is -4.71. The summed E-state index contributed by atoms with van der Waals surface area (Å²) in [6.07, 6.45) is 1.85. The molecule has 0 heterocycles. The maximum absolute atomic E-state index is 12.8. The lowest BCUT2D eigenvalue weighted by molar-refractivity contribution is -0.164. The average molecular weight is 875 g/mol. The maximum atomic E-state index is 12.8. The fraction of sp³-hybridized carbons (Fsp3) is 0.423. The van der Waals surface area contributed by atoms with Crippen LogP contribution < -0.4 is 10.6 Å². The highest BCUT2D eigenvalue weighted by Crippen LogP contribution is 2.45. The first-order valence-corrected chi connectivity index (χ1v) is 22.4. The fourth-order valence-corrected chi connectivity index (χ4v) is 8.07. The molecule has 0 aliphatic heterocycles. The Labute approximate surface area is 376 Å². The van der Waals surface area contributed by atoms with Crippen molar-refractivity contribution in [3.8, 4) is 22.3 Å². The summed E-state index contributed by atoms with van der Waals surface area (Å²) in [5, 5.41) is 14.9. The zero-order valence-electron chi connectivity index (χ0n) is 37.7. The van der Waals surface area contributed by atoms with Crippen molar-refractivity contribution in [1.29, 1.82) is 0 Å². The van der Waals surface area contributed by atoms with E-state index < -0.39 is 41.3 Å². The number of hydrogen-bond donors (Lipinski definition) is 3. The number of hydrogen-bond acceptors (Lipinski definition) is 9. The van der Waals surface area contributed by atoms with Crippen molar-refractivity contribution in [3.05, 3.63) is 119 Å². The molecule has 2 amide bonds. The van der Waals surface area contributed by atoms with E-state index in [1.807, 2.05) is 74.5 Å². The van der Waals surface area contributed by atoms with Crippen LogP contribution in [-0.4, -0.2) is 72.7 Å². The summed E-state index contributed by atoms with van der Waals surface area (Å²) in [7, 11) is 0. The monoisotopic (exact) mass is 874 g/mol. The molecule has 0 saturated carbocycles. The Kier molecular flexibility index (Phi) is 17.8. The van der Waals surface area contributed by atoms with Crippen molar-refractivity contribution < 1.29 is 48.1 Å². The number of aliphatic carboxylic acids is 1. The van der Waals surface area contributed by atoms with Crippen molar-refractivity contribution in [2.75, 3.05) is 26.3 Å². The smallest absolute Gasteiger partial charge is 0.310 e. The predicted molar refractivity (Wildman–Crippen MR) is 244 cm³/mol. The Morgan fingerprint density at radius 3 is 1.25 bits per heavy atom. The lowest BCUT2D eigenvalue weighted by atomic mass is 9.97. The molecule has 0 fully saturated rings. The van der Waals surface area contributed by atoms with Gasteiger partial charge in [-0.15, -0.1) is 0 Å². The minimum atomic E-state index is -1.09. The van der Waals surface area contributed by atoms with Crippen molar-refractivity contribution in [2.24, 2.45) is 11.8 Å². The van der Waals surface area contributed by atoms with Crippen LogP contribution in [-0.2, 0) is 43.0 Å². The van der Waals surface area contributed by atoms with Gasteiger partial charge in [-0.25, -0.2) is 0 Å². The number of carboxylic acid groups (broad SMARTS) is 1. The molecule has 4 aromatic carbocycles. The third-order valence-electron chi connectivity index (χ3n) is 11.2. The van der Waals surface area contributed by atoms with Gasteiger partial charge in [0, 0.05) is 37.8 Å². The van der Waals surface area contributed by atoms with Gasteiger partial charge in [0.05, 0.1) is 24.7 Å². The highest BCUT2D eigenvalue weighted by atomic mass is 16.6. The summed E-state index contributed by atoms with van der Waals surface area (Å²) >= 11 is 0. The average Bonchev–Trinajstić information content (AvgIpc) is 3.77. The molecule has 0 aromatic heterocycles. The van der Waals surface area contributed by atoms with Crippen molar-refractivity contribution in [1.82, 2.24) is 10.6 Å². The number of rotatable bonds is 20. The van der Waals surface area contributed by atoms with E-state index in [4.69, 9.17) is 14.2 Å². The molecule has 0 unspecified atom stereocenters. The van der Waals surface area contributed by atoms with E-state index in [0.29, 0.717) is 13.1 Å². The molecule has 0 bridgehead atoms. The van der Waals surface area contributed by atoms with Crippen LogP contribution >= 0.6 is 0 Å². The van der Waals surface area contributed by atoms with Crippen molar-refractivity contribution in [3.63, 3.8) is 0 Å². The molecule has 12 nitrogen and oxygen atoms in total. The van der Waals surface area contributed by atoms with E-state index in [0.717, 1.165) is 57.3 Å². The second-order valence-electron chi connectivity index (χ2n) is 17.3.